The predicted molar refractivity (Wildman–Crippen MR) is 98.7 cm³/mol. The van der Waals surface area contributed by atoms with Crippen LogP contribution in [0.3, 0.4) is 0 Å². The van der Waals surface area contributed by atoms with Gasteiger partial charge in [-0.05, 0) is 23.8 Å². The maximum absolute atomic E-state index is 14.2. The third-order valence-corrected chi connectivity index (χ3v) is 4.55. The van der Waals surface area contributed by atoms with Crippen molar-refractivity contribution in [3.63, 3.8) is 0 Å². The number of hydrogen-bond acceptors (Lipinski definition) is 3. The molecule has 0 amide bonds. The fourth-order valence-corrected chi connectivity index (χ4v) is 3.23. The van der Waals surface area contributed by atoms with Crippen LogP contribution in [-0.4, -0.2) is 19.1 Å². The molecular formula is C19H13ClF2N4O. The number of aryl methyl sites for hydroxylation is 1. The first-order valence-electron chi connectivity index (χ1n) is 8.05. The quantitative estimate of drug-likeness (QED) is 0.538. The molecule has 136 valence electrons. The molecule has 0 saturated carbocycles. The van der Waals surface area contributed by atoms with Gasteiger partial charge >= 0.3 is 5.69 Å². The summed E-state index contributed by atoms with van der Waals surface area (Å²) in [6.45, 7) is 0.223. The van der Waals surface area contributed by atoms with Crippen LogP contribution in [0.5, 0.6) is 0 Å². The Bertz CT molecular complexity index is 1230. The van der Waals surface area contributed by atoms with E-state index in [-0.39, 0.29) is 17.8 Å². The molecule has 5 nitrogen and oxygen atoms in total. The maximum atomic E-state index is 14.2. The van der Waals surface area contributed by atoms with Crippen LogP contribution in [0.15, 0.2) is 53.7 Å². The van der Waals surface area contributed by atoms with E-state index in [2.05, 4.69) is 9.97 Å². The molecule has 0 saturated heterocycles. The third-order valence-electron chi connectivity index (χ3n) is 4.34. The van der Waals surface area contributed by atoms with Crippen LogP contribution in [0.1, 0.15) is 5.56 Å². The van der Waals surface area contributed by atoms with Crippen molar-refractivity contribution >= 4 is 22.8 Å². The van der Waals surface area contributed by atoms with E-state index in [4.69, 9.17) is 11.6 Å². The second kappa shape index (κ2) is 6.59. The molecule has 4 aromatic rings. The van der Waals surface area contributed by atoms with Gasteiger partial charge in [0.25, 0.3) is 0 Å². The normalized spacial score (nSPS) is 11.3. The molecule has 0 spiro atoms. The highest BCUT2D eigenvalue weighted by molar-refractivity contribution is 6.30. The van der Waals surface area contributed by atoms with E-state index in [9.17, 15) is 13.6 Å². The Hall–Kier alpha value is -3.06. The number of nitrogens with zero attached hydrogens (tertiary/aromatic N) is 4. The zero-order valence-corrected chi connectivity index (χ0v) is 14.9. The molecule has 0 fully saturated rings. The molecule has 8 heteroatoms. The lowest BCUT2D eigenvalue weighted by atomic mass is 10.1. The zero-order chi connectivity index (χ0) is 19.1. The second-order valence-electron chi connectivity index (χ2n) is 6.11. The Morgan fingerprint density at radius 3 is 2.74 bits per heavy atom. The smallest absolute Gasteiger partial charge is 0.286 e. The standard InChI is InChI=1S/C19H13ClF2N4O/c1-25-18-16(26(19(25)27)10-11-5-13(20)9-23-7-11)6-12(8-24-18)14-3-2-4-15(21)17(14)22/h2-9H,10H2,1H3. The van der Waals surface area contributed by atoms with Gasteiger partial charge in [0.2, 0.25) is 0 Å². The molecule has 27 heavy (non-hydrogen) atoms. The molecule has 0 aliphatic rings. The highest BCUT2D eigenvalue weighted by Crippen LogP contribution is 2.26. The van der Waals surface area contributed by atoms with Crippen LogP contribution in [0.25, 0.3) is 22.3 Å². The molecular weight excluding hydrogens is 374 g/mol. The Balaban J connectivity index is 1.90. The molecule has 0 bridgehead atoms. The van der Waals surface area contributed by atoms with Gasteiger partial charge in [-0.15, -0.1) is 0 Å². The molecule has 0 radical (unpaired) electrons. The summed E-state index contributed by atoms with van der Waals surface area (Å²) in [6.07, 6.45) is 4.54. The van der Waals surface area contributed by atoms with Crippen LogP contribution < -0.4 is 5.69 Å². The predicted octanol–water partition coefficient (Wildman–Crippen LogP) is 3.78. The Morgan fingerprint density at radius 1 is 1.15 bits per heavy atom. The number of halogens is 3. The van der Waals surface area contributed by atoms with E-state index in [1.54, 1.807) is 25.4 Å². The van der Waals surface area contributed by atoms with Crippen molar-refractivity contribution in [2.45, 2.75) is 6.54 Å². The third kappa shape index (κ3) is 3.00. The number of fused-ring (bicyclic) bond motifs is 1. The van der Waals surface area contributed by atoms with Crippen LogP contribution in [0.2, 0.25) is 5.02 Å². The summed E-state index contributed by atoms with van der Waals surface area (Å²) in [5, 5.41) is 0.460. The minimum absolute atomic E-state index is 0.0803. The summed E-state index contributed by atoms with van der Waals surface area (Å²) >= 11 is 5.97. The number of rotatable bonds is 3. The van der Waals surface area contributed by atoms with E-state index in [1.165, 1.54) is 33.7 Å². The number of hydrogen-bond donors (Lipinski definition) is 0. The number of benzene rings is 1. The minimum atomic E-state index is -0.956. The van der Waals surface area contributed by atoms with E-state index in [0.29, 0.717) is 21.7 Å². The number of pyridine rings is 2. The lowest BCUT2D eigenvalue weighted by Gasteiger charge is -2.07. The van der Waals surface area contributed by atoms with Crippen molar-refractivity contribution in [3.8, 4) is 11.1 Å². The summed E-state index contributed by atoms with van der Waals surface area (Å²) in [7, 11) is 1.60. The molecule has 3 heterocycles. The number of aromatic nitrogens is 4. The van der Waals surface area contributed by atoms with E-state index >= 15 is 0 Å². The first-order chi connectivity index (χ1) is 13.0. The van der Waals surface area contributed by atoms with Crippen molar-refractivity contribution in [1.82, 2.24) is 19.1 Å². The molecule has 1 aromatic carbocycles. The summed E-state index contributed by atoms with van der Waals surface area (Å²) in [6, 6.07) is 7.28. The van der Waals surface area contributed by atoms with E-state index in [0.717, 1.165) is 11.6 Å². The lowest BCUT2D eigenvalue weighted by molar-refractivity contribution is 0.511. The van der Waals surface area contributed by atoms with Crippen molar-refractivity contribution in [1.29, 1.82) is 0 Å². The zero-order valence-electron chi connectivity index (χ0n) is 14.2. The Labute approximate surface area is 157 Å². The van der Waals surface area contributed by atoms with Gasteiger partial charge in [0.15, 0.2) is 17.3 Å². The Kier molecular flexibility index (Phi) is 4.24. The topological polar surface area (TPSA) is 52.7 Å². The SMILES string of the molecule is Cn1c(=O)n(Cc2cncc(Cl)c2)c2cc(-c3cccc(F)c3F)cnc21. The highest BCUT2D eigenvalue weighted by Gasteiger charge is 2.16. The van der Waals surface area contributed by atoms with Crippen molar-refractivity contribution < 1.29 is 8.78 Å². The first kappa shape index (κ1) is 17.4. The molecule has 0 aliphatic heterocycles. The van der Waals surface area contributed by atoms with Gasteiger partial charge in [-0.2, -0.15) is 0 Å². The lowest BCUT2D eigenvalue weighted by Crippen LogP contribution is -2.22. The largest absolute Gasteiger partial charge is 0.330 e. The summed E-state index contributed by atoms with van der Waals surface area (Å²) in [5.41, 5.74) is 1.85. The van der Waals surface area contributed by atoms with Gasteiger partial charge in [0, 0.05) is 36.8 Å². The van der Waals surface area contributed by atoms with Crippen molar-refractivity contribution in [3.05, 3.63) is 81.6 Å². The van der Waals surface area contributed by atoms with Crippen LogP contribution in [0, 0.1) is 11.6 Å². The molecule has 0 aliphatic carbocycles. The fraction of sp³-hybridized carbons (Fsp3) is 0.105. The van der Waals surface area contributed by atoms with Gasteiger partial charge < -0.3 is 0 Å². The average molecular weight is 387 g/mol. The summed E-state index contributed by atoms with van der Waals surface area (Å²) < 4.78 is 30.6. The average Bonchev–Trinajstić information content (AvgIpc) is 2.88. The van der Waals surface area contributed by atoms with E-state index in [1.807, 2.05) is 0 Å². The van der Waals surface area contributed by atoms with Crippen molar-refractivity contribution in [2.75, 3.05) is 0 Å². The highest BCUT2D eigenvalue weighted by atomic mass is 35.5. The van der Waals surface area contributed by atoms with Gasteiger partial charge in [-0.25, -0.2) is 18.6 Å². The van der Waals surface area contributed by atoms with Crippen LogP contribution in [-0.2, 0) is 13.6 Å². The molecule has 0 N–H and O–H groups in total. The van der Waals surface area contributed by atoms with Gasteiger partial charge in [-0.1, -0.05) is 23.7 Å². The monoisotopic (exact) mass is 386 g/mol. The minimum Gasteiger partial charge on any atom is -0.286 e. The molecule has 4 rings (SSSR count). The van der Waals surface area contributed by atoms with Crippen molar-refractivity contribution in [2.24, 2.45) is 7.05 Å². The summed E-state index contributed by atoms with van der Waals surface area (Å²) in [4.78, 5) is 20.9. The Morgan fingerprint density at radius 2 is 1.96 bits per heavy atom. The van der Waals surface area contributed by atoms with E-state index < -0.39 is 11.6 Å². The van der Waals surface area contributed by atoms with Crippen LogP contribution in [0.4, 0.5) is 8.78 Å². The fourth-order valence-electron chi connectivity index (χ4n) is 3.03. The molecule has 3 aromatic heterocycles. The summed E-state index contributed by atoms with van der Waals surface area (Å²) in [5.74, 6) is -1.90. The number of imidazole rings is 1. The van der Waals surface area contributed by atoms with Gasteiger partial charge in [0.1, 0.15) is 0 Å². The molecule has 0 unspecified atom stereocenters. The maximum Gasteiger partial charge on any atom is 0.330 e. The molecule has 0 atom stereocenters. The van der Waals surface area contributed by atoms with Crippen LogP contribution >= 0.6 is 11.6 Å². The second-order valence-corrected chi connectivity index (χ2v) is 6.54. The first-order valence-corrected chi connectivity index (χ1v) is 8.42. The van der Waals surface area contributed by atoms with Gasteiger partial charge in [0.05, 0.1) is 17.1 Å². The van der Waals surface area contributed by atoms with Gasteiger partial charge in [-0.3, -0.25) is 14.1 Å².